The Morgan fingerprint density at radius 2 is 1.77 bits per heavy atom. The number of amides is 1. The molecule has 0 radical (unpaired) electrons. The molecule has 3 heterocycles. The number of aryl methyl sites for hydroxylation is 1. The number of halogens is 1. The summed E-state index contributed by atoms with van der Waals surface area (Å²) in [5.41, 5.74) is 2.36. The van der Waals surface area contributed by atoms with Crippen LogP contribution >= 0.6 is 0 Å². The van der Waals surface area contributed by atoms with Crippen LogP contribution in [-0.4, -0.2) is 44.7 Å². The molecule has 162 valence electrons. The number of carbonyl (C=O) groups excluding carboxylic acids is 1. The van der Waals surface area contributed by atoms with Crippen LogP contribution < -0.4 is 5.32 Å². The molecular weight excluding hydrogens is 393 g/mol. The topological polar surface area (TPSA) is 63.1 Å². The van der Waals surface area contributed by atoms with Crippen molar-refractivity contribution in [2.75, 3.05) is 18.4 Å². The molecule has 7 heteroatoms. The number of hydrogen-bond acceptors (Lipinski definition) is 4. The zero-order valence-electron chi connectivity index (χ0n) is 18.2. The highest BCUT2D eigenvalue weighted by atomic mass is 19.1. The van der Waals surface area contributed by atoms with Crippen molar-refractivity contribution in [3.05, 3.63) is 71.8 Å². The summed E-state index contributed by atoms with van der Waals surface area (Å²) in [7, 11) is 0. The molecule has 0 aliphatic carbocycles. The molecule has 1 amide bonds. The normalized spacial score (nSPS) is 17.3. The lowest BCUT2D eigenvalue weighted by atomic mass is 9.89. The first-order chi connectivity index (χ1) is 14.9. The number of rotatable bonds is 5. The SMILES string of the molecule is Cc1nn(-c2ccccc2)c(C)c1NC(=O)[C@H](C)N1CCC(F)(c2ccccn2)CC1. The van der Waals surface area contributed by atoms with Gasteiger partial charge in [0.2, 0.25) is 5.91 Å². The molecule has 0 bridgehead atoms. The fourth-order valence-corrected chi connectivity index (χ4v) is 4.19. The number of pyridine rings is 1. The molecule has 6 nitrogen and oxygen atoms in total. The van der Waals surface area contributed by atoms with Gasteiger partial charge in [-0.1, -0.05) is 24.3 Å². The van der Waals surface area contributed by atoms with E-state index in [-0.39, 0.29) is 11.9 Å². The Kier molecular flexibility index (Phi) is 5.87. The van der Waals surface area contributed by atoms with Gasteiger partial charge in [-0.05, 0) is 57.9 Å². The summed E-state index contributed by atoms with van der Waals surface area (Å²) in [6.07, 6.45) is 2.27. The predicted octanol–water partition coefficient (Wildman–Crippen LogP) is 4.17. The third kappa shape index (κ3) is 4.23. The van der Waals surface area contributed by atoms with E-state index in [1.54, 1.807) is 18.3 Å². The Hall–Kier alpha value is -3.06. The number of alkyl halides is 1. The first kappa shape index (κ1) is 21.2. The molecule has 1 aromatic carbocycles. The van der Waals surface area contributed by atoms with Gasteiger partial charge in [-0.3, -0.25) is 14.7 Å². The van der Waals surface area contributed by atoms with E-state index in [0.717, 1.165) is 22.8 Å². The number of aromatic nitrogens is 3. The van der Waals surface area contributed by atoms with Gasteiger partial charge in [-0.25, -0.2) is 9.07 Å². The van der Waals surface area contributed by atoms with E-state index in [4.69, 9.17) is 0 Å². The molecular formula is C24H28FN5O. The monoisotopic (exact) mass is 421 g/mol. The van der Waals surface area contributed by atoms with E-state index < -0.39 is 5.67 Å². The van der Waals surface area contributed by atoms with Gasteiger partial charge in [0, 0.05) is 19.3 Å². The second kappa shape index (κ2) is 8.59. The highest BCUT2D eigenvalue weighted by Gasteiger charge is 2.39. The summed E-state index contributed by atoms with van der Waals surface area (Å²) in [6, 6.07) is 14.8. The molecule has 0 spiro atoms. The standard InChI is InChI=1S/C24H28FN5O/c1-17-22(18(2)30(28-17)20-9-5-4-6-10-20)27-23(31)19(3)29-15-12-24(25,13-16-29)21-11-7-8-14-26-21/h4-11,14,19H,12-13,15-16H2,1-3H3,(H,27,31)/t19-/m0/s1. The number of nitrogens with zero attached hydrogens (tertiary/aromatic N) is 4. The maximum absolute atomic E-state index is 15.4. The Labute approximate surface area is 182 Å². The molecule has 0 saturated carbocycles. The van der Waals surface area contributed by atoms with Gasteiger partial charge in [-0.2, -0.15) is 5.10 Å². The number of likely N-dealkylation sites (tertiary alicyclic amines) is 1. The van der Waals surface area contributed by atoms with Crippen LogP contribution in [0.1, 0.15) is 36.8 Å². The molecule has 1 atom stereocenters. The molecule has 3 aromatic rings. The lowest BCUT2D eigenvalue weighted by Gasteiger charge is -2.38. The minimum Gasteiger partial charge on any atom is -0.322 e. The fourth-order valence-electron chi connectivity index (χ4n) is 4.19. The van der Waals surface area contributed by atoms with E-state index >= 15 is 4.39 Å². The van der Waals surface area contributed by atoms with Crippen LogP contribution in [0.3, 0.4) is 0 Å². The van der Waals surface area contributed by atoms with Crippen molar-refractivity contribution in [3.8, 4) is 5.69 Å². The molecule has 2 aromatic heterocycles. The van der Waals surface area contributed by atoms with Crippen LogP contribution in [0, 0.1) is 13.8 Å². The van der Waals surface area contributed by atoms with E-state index in [1.807, 2.05) is 66.8 Å². The highest BCUT2D eigenvalue weighted by Crippen LogP contribution is 2.36. The Balaban J connectivity index is 1.43. The smallest absolute Gasteiger partial charge is 0.241 e. The van der Waals surface area contributed by atoms with Gasteiger partial charge < -0.3 is 5.32 Å². The Bertz CT molecular complexity index is 1040. The van der Waals surface area contributed by atoms with E-state index in [2.05, 4.69) is 15.4 Å². The molecule has 4 rings (SSSR count). The van der Waals surface area contributed by atoms with Crippen LogP contribution in [0.2, 0.25) is 0 Å². The minimum atomic E-state index is -1.43. The predicted molar refractivity (Wildman–Crippen MR) is 119 cm³/mol. The van der Waals surface area contributed by atoms with Crippen LogP contribution in [0.4, 0.5) is 10.1 Å². The van der Waals surface area contributed by atoms with Crippen molar-refractivity contribution >= 4 is 11.6 Å². The first-order valence-corrected chi connectivity index (χ1v) is 10.7. The zero-order valence-corrected chi connectivity index (χ0v) is 18.2. The molecule has 1 fully saturated rings. The van der Waals surface area contributed by atoms with Gasteiger partial charge in [0.1, 0.15) is 0 Å². The number of nitrogens with one attached hydrogen (secondary N) is 1. The van der Waals surface area contributed by atoms with Crippen LogP contribution in [0.15, 0.2) is 54.7 Å². The summed E-state index contributed by atoms with van der Waals surface area (Å²) < 4.78 is 17.2. The average Bonchev–Trinajstić information content (AvgIpc) is 3.08. The van der Waals surface area contributed by atoms with Crippen molar-refractivity contribution in [2.45, 2.75) is 45.3 Å². The quantitative estimate of drug-likeness (QED) is 0.672. The number of para-hydroxylation sites is 1. The lowest BCUT2D eigenvalue weighted by molar-refractivity contribution is -0.122. The molecule has 1 saturated heterocycles. The second-order valence-electron chi connectivity index (χ2n) is 8.17. The lowest BCUT2D eigenvalue weighted by Crippen LogP contribution is -2.49. The van der Waals surface area contributed by atoms with Crippen LogP contribution in [-0.2, 0) is 10.5 Å². The fraction of sp³-hybridized carbons (Fsp3) is 0.375. The highest BCUT2D eigenvalue weighted by molar-refractivity contribution is 5.95. The zero-order chi connectivity index (χ0) is 22.0. The van der Waals surface area contributed by atoms with Crippen molar-refractivity contribution in [1.82, 2.24) is 19.7 Å². The number of hydrogen-bond donors (Lipinski definition) is 1. The van der Waals surface area contributed by atoms with Crippen molar-refractivity contribution in [3.63, 3.8) is 0 Å². The minimum absolute atomic E-state index is 0.108. The van der Waals surface area contributed by atoms with Gasteiger partial charge in [0.15, 0.2) is 5.67 Å². The van der Waals surface area contributed by atoms with Crippen molar-refractivity contribution < 1.29 is 9.18 Å². The van der Waals surface area contributed by atoms with E-state index in [9.17, 15) is 4.79 Å². The van der Waals surface area contributed by atoms with E-state index in [1.165, 1.54) is 0 Å². The second-order valence-corrected chi connectivity index (χ2v) is 8.17. The first-order valence-electron chi connectivity index (χ1n) is 10.7. The van der Waals surface area contributed by atoms with Gasteiger partial charge >= 0.3 is 0 Å². The summed E-state index contributed by atoms with van der Waals surface area (Å²) in [5, 5.41) is 7.64. The summed E-state index contributed by atoms with van der Waals surface area (Å²) in [5.74, 6) is -0.108. The summed E-state index contributed by atoms with van der Waals surface area (Å²) in [4.78, 5) is 19.2. The molecule has 1 aliphatic rings. The largest absolute Gasteiger partial charge is 0.322 e. The Morgan fingerprint density at radius 3 is 2.42 bits per heavy atom. The van der Waals surface area contributed by atoms with Gasteiger partial charge in [-0.15, -0.1) is 0 Å². The van der Waals surface area contributed by atoms with Gasteiger partial charge in [0.05, 0.1) is 34.5 Å². The average molecular weight is 422 g/mol. The number of benzene rings is 1. The summed E-state index contributed by atoms with van der Waals surface area (Å²) >= 11 is 0. The van der Waals surface area contributed by atoms with Gasteiger partial charge in [0.25, 0.3) is 0 Å². The molecule has 0 unspecified atom stereocenters. The maximum Gasteiger partial charge on any atom is 0.241 e. The van der Waals surface area contributed by atoms with Crippen LogP contribution in [0.5, 0.6) is 0 Å². The number of piperidine rings is 1. The number of carbonyl (C=O) groups is 1. The van der Waals surface area contributed by atoms with E-state index in [0.29, 0.717) is 31.6 Å². The molecule has 1 N–H and O–H groups in total. The third-order valence-electron chi connectivity index (χ3n) is 6.18. The van der Waals surface area contributed by atoms with Crippen molar-refractivity contribution in [2.24, 2.45) is 0 Å². The van der Waals surface area contributed by atoms with Crippen molar-refractivity contribution in [1.29, 1.82) is 0 Å². The number of anilines is 1. The van der Waals surface area contributed by atoms with Crippen LogP contribution in [0.25, 0.3) is 5.69 Å². The Morgan fingerprint density at radius 1 is 1.10 bits per heavy atom. The maximum atomic E-state index is 15.4. The summed E-state index contributed by atoms with van der Waals surface area (Å²) in [6.45, 7) is 6.70. The molecule has 31 heavy (non-hydrogen) atoms. The molecule has 1 aliphatic heterocycles. The third-order valence-corrected chi connectivity index (χ3v) is 6.18.